The maximum Gasteiger partial charge on any atom is 0.303 e. The van der Waals surface area contributed by atoms with Crippen molar-refractivity contribution in [3.63, 3.8) is 0 Å². The fraction of sp³-hybridized carbons (Fsp3) is 0.600. The number of nitrogens with zero attached hydrogens (tertiary/aromatic N) is 1. The molecule has 14 heavy (non-hydrogen) atoms. The number of aromatic nitrogens is 1. The van der Waals surface area contributed by atoms with Gasteiger partial charge in [-0.1, -0.05) is 20.8 Å². The molecule has 1 aromatic heterocycles. The predicted octanol–water partition coefficient (Wildman–Crippen LogP) is 2.46. The summed E-state index contributed by atoms with van der Waals surface area (Å²) in [6.45, 7) is 6.27. The molecule has 0 aliphatic heterocycles. The summed E-state index contributed by atoms with van der Waals surface area (Å²) in [6, 6.07) is 0. The fourth-order valence-electron chi connectivity index (χ4n) is 1.28. The highest BCUT2D eigenvalue weighted by atomic mass is 32.1. The zero-order valence-electron chi connectivity index (χ0n) is 8.70. The second-order valence-corrected chi connectivity index (χ2v) is 5.21. The Hall–Kier alpha value is -0.900. The standard InChI is InChI=1S/C10H15NO2S/c1-10(2,3)9-7(14-6-11-9)4-5-8(12)13/h6H,4-5H2,1-3H3,(H,12,13). The summed E-state index contributed by atoms with van der Waals surface area (Å²) in [7, 11) is 0. The normalized spacial score (nSPS) is 11.6. The molecule has 1 N–H and O–H groups in total. The second kappa shape index (κ2) is 4.09. The van der Waals surface area contributed by atoms with Crippen LogP contribution in [0.4, 0.5) is 0 Å². The van der Waals surface area contributed by atoms with Crippen molar-refractivity contribution in [3.05, 3.63) is 16.1 Å². The Morgan fingerprint density at radius 3 is 2.71 bits per heavy atom. The van der Waals surface area contributed by atoms with Gasteiger partial charge < -0.3 is 5.11 Å². The lowest BCUT2D eigenvalue weighted by Gasteiger charge is -2.17. The summed E-state index contributed by atoms with van der Waals surface area (Å²) >= 11 is 1.54. The molecule has 0 radical (unpaired) electrons. The van der Waals surface area contributed by atoms with Crippen molar-refractivity contribution in [1.29, 1.82) is 0 Å². The first-order valence-electron chi connectivity index (χ1n) is 4.56. The van der Waals surface area contributed by atoms with Gasteiger partial charge in [0.15, 0.2) is 0 Å². The van der Waals surface area contributed by atoms with E-state index in [1.54, 1.807) is 16.8 Å². The van der Waals surface area contributed by atoms with E-state index in [-0.39, 0.29) is 11.8 Å². The van der Waals surface area contributed by atoms with Crippen molar-refractivity contribution >= 4 is 17.3 Å². The number of rotatable bonds is 3. The Morgan fingerprint density at radius 2 is 2.21 bits per heavy atom. The van der Waals surface area contributed by atoms with Crippen LogP contribution < -0.4 is 0 Å². The molecule has 0 atom stereocenters. The molecule has 0 spiro atoms. The highest BCUT2D eigenvalue weighted by Gasteiger charge is 2.20. The minimum atomic E-state index is -0.752. The van der Waals surface area contributed by atoms with E-state index in [4.69, 9.17) is 5.11 Å². The van der Waals surface area contributed by atoms with Gasteiger partial charge in [-0.2, -0.15) is 0 Å². The number of carbonyl (C=O) groups is 1. The van der Waals surface area contributed by atoms with Gasteiger partial charge in [-0.3, -0.25) is 4.79 Å². The minimum Gasteiger partial charge on any atom is -0.481 e. The third kappa shape index (κ3) is 2.80. The first-order chi connectivity index (χ1) is 6.41. The molecule has 78 valence electrons. The maximum atomic E-state index is 10.4. The van der Waals surface area contributed by atoms with Gasteiger partial charge in [-0.25, -0.2) is 4.98 Å². The van der Waals surface area contributed by atoms with Crippen LogP contribution in [0.2, 0.25) is 0 Å². The van der Waals surface area contributed by atoms with E-state index in [0.717, 1.165) is 10.6 Å². The van der Waals surface area contributed by atoms with Crippen LogP contribution in [0, 0.1) is 0 Å². The average Bonchev–Trinajstić information content (AvgIpc) is 2.46. The van der Waals surface area contributed by atoms with Gasteiger partial charge in [0.2, 0.25) is 0 Å². The molecule has 0 unspecified atom stereocenters. The third-order valence-electron chi connectivity index (χ3n) is 1.92. The lowest BCUT2D eigenvalue weighted by atomic mass is 9.90. The summed E-state index contributed by atoms with van der Waals surface area (Å²) in [6.07, 6.45) is 0.776. The minimum absolute atomic E-state index is 0.00777. The van der Waals surface area contributed by atoms with E-state index in [1.807, 2.05) is 0 Å². The van der Waals surface area contributed by atoms with Crippen molar-refractivity contribution in [2.75, 3.05) is 0 Å². The van der Waals surface area contributed by atoms with Crippen molar-refractivity contribution < 1.29 is 9.90 Å². The molecular weight excluding hydrogens is 198 g/mol. The molecule has 0 bridgehead atoms. The summed E-state index contributed by atoms with van der Waals surface area (Å²) in [4.78, 5) is 15.8. The number of hydrogen-bond acceptors (Lipinski definition) is 3. The van der Waals surface area contributed by atoms with Gasteiger partial charge in [0.25, 0.3) is 0 Å². The molecule has 1 heterocycles. The van der Waals surface area contributed by atoms with Gasteiger partial charge in [0.1, 0.15) is 0 Å². The quantitative estimate of drug-likeness (QED) is 0.839. The lowest BCUT2D eigenvalue weighted by molar-refractivity contribution is -0.136. The highest BCUT2D eigenvalue weighted by Crippen LogP contribution is 2.27. The van der Waals surface area contributed by atoms with E-state index >= 15 is 0 Å². The van der Waals surface area contributed by atoms with Crippen molar-refractivity contribution in [2.45, 2.75) is 39.0 Å². The van der Waals surface area contributed by atoms with Crippen LogP contribution in [-0.2, 0) is 16.6 Å². The number of carboxylic acid groups (broad SMARTS) is 1. The number of aryl methyl sites for hydroxylation is 1. The summed E-state index contributed by atoms with van der Waals surface area (Å²) in [5.74, 6) is -0.752. The van der Waals surface area contributed by atoms with Crippen LogP contribution in [0.5, 0.6) is 0 Å². The van der Waals surface area contributed by atoms with Crippen molar-refractivity contribution in [3.8, 4) is 0 Å². The van der Waals surface area contributed by atoms with Crippen molar-refractivity contribution in [1.82, 2.24) is 4.98 Å². The van der Waals surface area contributed by atoms with E-state index in [1.165, 1.54) is 0 Å². The molecule has 0 aliphatic rings. The van der Waals surface area contributed by atoms with Gasteiger partial charge in [0.05, 0.1) is 17.6 Å². The lowest BCUT2D eigenvalue weighted by Crippen LogP contribution is -2.14. The number of thiazole rings is 1. The van der Waals surface area contributed by atoms with Crippen LogP contribution in [0.25, 0.3) is 0 Å². The SMILES string of the molecule is CC(C)(C)c1ncsc1CCC(=O)O. The summed E-state index contributed by atoms with van der Waals surface area (Å²) in [5, 5.41) is 8.59. The Bertz CT molecular complexity index is 325. The number of aliphatic carboxylic acids is 1. The van der Waals surface area contributed by atoms with Gasteiger partial charge in [-0.05, 0) is 6.42 Å². The number of hydrogen-bond donors (Lipinski definition) is 1. The zero-order valence-corrected chi connectivity index (χ0v) is 9.52. The third-order valence-corrected chi connectivity index (χ3v) is 2.81. The molecule has 0 amide bonds. The van der Waals surface area contributed by atoms with Crippen LogP contribution in [0.15, 0.2) is 5.51 Å². The van der Waals surface area contributed by atoms with E-state index in [9.17, 15) is 4.79 Å². The van der Waals surface area contributed by atoms with Crippen LogP contribution in [0.3, 0.4) is 0 Å². The van der Waals surface area contributed by atoms with Crippen molar-refractivity contribution in [2.24, 2.45) is 0 Å². The maximum absolute atomic E-state index is 10.4. The molecule has 0 saturated carbocycles. The monoisotopic (exact) mass is 213 g/mol. The topological polar surface area (TPSA) is 50.2 Å². The molecule has 1 rings (SSSR count). The predicted molar refractivity (Wildman–Crippen MR) is 56.8 cm³/mol. The fourth-order valence-corrected chi connectivity index (χ4v) is 2.26. The van der Waals surface area contributed by atoms with Crippen LogP contribution >= 0.6 is 11.3 Å². The Balaban J connectivity index is 2.78. The van der Waals surface area contributed by atoms with Gasteiger partial charge in [-0.15, -0.1) is 11.3 Å². The molecular formula is C10H15NO2S. The zero-order chi connectivity index (χ0) is 10.8. The largest absolute Gasteiger partial charge is 0.481 e. The Labute approximate surface area is 87.8 Å². The van der Waals surface area contributed by atoms with E-state index < -0.39 is 5.97 Å². The molecule has 3 nitrogen and oxygen atoms in total. The molecule has 4 heteroatoms. The highest BCUT2D eigenvalue weighted by molar-refractivity contribution is 7.09. The number of carboxylic acids is 1. The Morgan fingerprint density at radius 1 is 1.57 bits per heavy atom. The molecule has 1 aromatic rings. The summed E-state index contributed by atoms with van der Waals surface area (Å²) < 4.78 is 0. The van der Waals surface area contributed by atoms with Crippen LogP contribution in [0.1, 0.15) is 37.8 Å². The van der Waals surface area contributed by atoms with Gasteiger partial charge in [0, 0.05) is 10.3 Å². The molecule has 0 saturated heterocycles. The van der Waals surface area contributed by atoms with E-state index in [2.05, 4.69) is 25.8 Å². The molecule has 0 fully saturated rings. The first-order valence-corrected chi connectivity index (χ1v) is 5.44. The Kier molecular flexibility index (Phi) is 3.26. The first kappa shape index (κ1) is 11.2. The second-order valence-electron chi connectivity index (χ2n) is 4.27. The molecule has 0 aromatic carbocycles. The summed E-state index contributed by atoms with van der Waals surface area (Å²) in [5.41, 5.74) is 2.83. The smallest absolute Gasteiger partial charge is 0.303 e. The average molecular weight is 213 g/mol. The molecule has 0 aliphatic carbocycles. The van der Waals surface area contributed by atoms with E-state index in [0.29, 0.717) is 6.42 Å². The van der Waals surface area contributed by atoms with Gasteiger partial charge >= 0.3 is 5.97 Å². The van der Waals surface area contributed by atoms with Crippen LogP contribution in [-0.4, -0.2) is 16.1 Å².